The Morgan fingerprint density at radius 1 is 1.32 bits per heavy atom. The van der Waals surface area contributed by atoms with Crippen LogP contribution in [0.5, 0.6) is 0 Å². The third-order valence-corrected chi connectivity index (χ3v) is 4.58. The van der Waals surface area contributed by atoms with Gasteiger partial charge in [-0.25, -0.2) is 0 Å². The Labute approximate surface area is 155 Å². The summed E-state index contributed by atoms with van der Waals surface area (Å²) in [5, 5.41) is 21.2. The Kier molecular flexibility index (Phi) is 11.1. The number of nitrogens with one attached hydrogen (secondary N) is 2. The van der Waals surface area contributed by atoms with Gasteiger partial charge in [0.1, 0.15) is 0 Å². The van der Waals surface area contributed by atoms with E-state index < -0.39 is 5.60 Å². The molecule has 0 aromatic carbocycles. The third-order valence-electron chi connectivity index (χ3n) is 3.88. The molecule has 0 spiro atoms. The van der Waals surface area contributed by atoms with Crippen molar-refractivity contribution in [3.8, 4) is 0 Å². The molecule has 1 aromatic rings. The first-order valence-electron chi connectivity index (χ1n) is 7.81. The molecule has 0 fully saturated rings. The molecule has 0 bridgehead atoms. The lowest BCUT2D eigenvalue weighted by Crippen LogP contribution is -2.41. The van der Waals surface area contributed by atoms with Crippen molar-refractivity contribution in [3.05, 3.63) is 22.4 Å². The van der Waals surface area contributed by atoms with Gasteiger partial charge < -0.3 is 15.7 Å². The minimum atomic E-state index is -0.693. The van der Waals surface area contributed by atoms with Crippen LogP contribution < -0.4 is 10.6 Å². The smallest absolute Gasteiger partial charge is 0.191 e. The molecule has 0 aliphatic carbocycles. The molecular weight excluding hydrogens is 409 g/mol. The molecule has 1 heterocycles. The van der Waals surface area contributed by atoms with Crippen LogP contribution in [0.1, 0.15) is 52.0 Å². The number of rotatable bonds is 8. The molecule has 0 saturated heterocycles. The Morgan fingerprint density at radius 3 is 2.50 bits per heavy atom. The maximum Gasteiger partial charge on any atom is 0.191 e. The summed E-state index contributed by atoms with van der Waals surface area (Å²) in [5.74, 6) is 1.22. The summed E-state index contributed by atoms with van der Waals surface area (Å²) in [4.78, 5) is 4.53. The standard InChI is InChI=1S/C16H29N3OS.HI/c1-5-16(20,6-2)12-19-15(17-7-3)18-10-13(4)14-8-9-21-11-14;/h8-9,11,13,20H,5-7,10,12H2,1-4H3,(H2,17,18,19);1H. The van der Waals surface area contributed by atoms with E-state index in [4.69, 9.17) is 0 Å². The van der Waals surface area contributed by atoms with Crippen molar-refractivity contribution in [1.29, 1.82) is 0 Å². The van der Waals surface area contributed by atoms with Crippen molar-refractivity contribution in [2.24, 2.45) is 4.99 Å². The Balaban J connectivity index is 0.00000441. The van der Waals surface area contributed by atoms with Crippen LogP contribution >= 0.6 is 35.3 Å². The van der Waals surface area contributed by atoms with Crippen molar-refractivity contribution < 1.29 is 5.11 Å². The van der Waals surface area contributed by atoms with Gasteiger partial charge in [0.05, 0.1) is 12.1 Å². The quantitative estimate of drug-likeness (QED) is 0.330. The normalized spacial score (nSPS) is 13.4. The zero-order valence-corrected chi connectivity index (χ0v) is 17.2. The molecule has 0 radical (unpaired) electrons. The second kappa shape index (κ2) is 11.2. The minimum Gasteiger partial charge on any atom is -0.388 e. The fraction of sp³-hybridized carbons (Fsp3) is 0.688. The molecule has 0 saturated carbocycles. The SMILES string of the molecule is CCNC(=NCC(O)(CC)CC)NCC(C)c1ccsc1.I. The van der Waals surface area contributed by atoms with E-state index in [1.165, 1.54) is 5.56 Å². The van der Waals surface area contributed by atoms with E-state index in [2.05, 4.69) is 39.4 Å². The van der Waals surface area contributed by atoms with Crippen LogP contribution in [0.15, 0.2) is 21.8 Å². The molecule has 128 valence electrons. The average molecular weight is 439 g/mol. The molecule has 1 aromatic heterocycles. The lowest BCUT2D eigenvalue weighted by atomic mass is 9.98. The molecular formula is C16H30IN3OS. The van der Waals surface area contributed by atoms with Crippen molar-refractivity contribution in [2.45, 2.75) is 52.1 Å². The van der Waals surface area contributed by atoms with E-state index in [0.29, 0.717) is 12.5 Å². The number of hydrogen-bond acceptors (Lipinski definition) is 3. The number of nitrogens with zero attached hydrogens (tertiary/aromatic N) is 1. The molecule has 1 unspecified atom stereocenters. The molecule has 4 nitrogen and oxygen atoms in total. The topological polar surface area (TPSA) is 56.7 Å². The second-order valence-corrected chi connectivity index (χ2v) is 6.25. The van der Waals surface area contributed by atoms with E-state index in [-0.39, 0.29) is 24.0 Å². The van der Waals surface area contributed by atoms with Crippen molar-refractivity contribution >= 4 is 41.3 Å². The average Bonchev–Trinajstić information content (AvgIpc) is 3.03. The monoisotopic (exact) mass is 439 g/mol. The van der Waals surface area contributed by atoms with Crippen LogP contribution in [0.25, 0.3) is 0 Å². The van der Waals surface area contributed by atoms with Crippen LogP contribution in [0, 0.1) is 0 Å². The third kappa shape index (κ3) is 7.28. The van der Waals surface area contributed by atoms with Crippen LogP contribution in [0.4, 0.5) is 0 Å². The van der Waals surface area contributed by atoms with Gasteiger partial charge in [0, 0.05) is 13.1 Å². The number of aliphatic hydroxyl groups is 1. The van der Waals surface area contributed by atoms with E-state index in [0.717, 1.165) is 31.9 Å². The maximum absolute atomic E-state index is 10.3. The van der Waals surface area contributed by atoms with Gasteiger partial charge in [-0.1, -0.05) is 20.8 Å². The Bertz CT molecular complexity index is 419. The summed E-state index contributed by atoms with van der Waals surface area (Å²) in [7, 11) is 0. The highest BCUT2D eigenvalue weighted by molar-refractivity contribution is 14.0. The highest BCUT2D eigenvalue weighted by Crippen LogP contribution is 2.17. The van der Waals surface area contributed by atoms with Gasteiger partial charge in [-0.2, -0.15) is 11.3 Å². The molecule has 0 aliphatic heterocycles. The van der Waals surface area contributed by atoms with E-state index >= 15 is 0 Å². The molecule has 0 amide bonds. The molecule has 1 rings (SSSR count). The van der Waals surface area contributed by atoms with Crippen LogP contribution in [-0.4, -0.2) is 36.3 Å². The lowest BCUT2D eigenvalue weighted by Gasteiger charge is -2.23. The molecule has 0 aliphatic rings. The zero-order valence-electron chi connectivity index (χ0n) is 14.1. The Hall–Kier alpha value is -0.340. The highest BCUT2D eigenvalue weighted by Gasteiger charge is 2.21. The van der Waals surface area contributed by atoms with Crippen LogP contribution in [0.3, 0.4) is 0 Å². The first-order valence-corrected chi connectivity index (χ1v) is 8.75. The fourth-order valence-electron chi connectivity index (χ4n) is 1.96. The van der Waals surface area contributed by atoms with Crippen molar-refractivity contribution in [1.82, 2.24) is 10.6 Å². The second-order valence-electron chi connectivity index (χ2n) is 5.47. The summed E-state index contributed by atoms with van der Waals surface area (Å²) in [6, 6.07) is 2.16. The summed E-state index contributed by atoms with van der Waals surface area (Å²) in [5.41, 5.74) is 0.656. The van der Waals surface area contributed by atoms with Crippen LogP contribution in [0.2, 0.25) is 0 Å². The minimum absolute atomic E-state index is 0. The summed E-state index contributed by atoms with van der Waals surface area (Å²) >= 11 is 1.73. The lowest BCUT2D eigenvalue weighted by molar-refractivity contribution is 0.0418. The van der Waals surface area contributed by atoms with Crippen LogP contribution in [-0.2, 0) is 0 Å². The van der Waals surface area contributed by atoms with Crippen molar-refractivity contribution in [3.63, 3.8) is 0 Å². The van der Waals surface area contributed by atoms with E-state index in [1.807, 2.05) is 20.8 Å². The van der Waals surface area contributed by atoms with Gasteiger partial charge in [0.25, 0.3) is 0 Å². The largest absolute Gasteiger partial charge is 0.388 e. The molecule has 22 heavy (non-hydrogen) atoms. The van der Waals surface area contributed by atoms with Gasteiger partial charge in [0.15, 0.2) is 5.96 Å². The van der Waals surface area contributed by atoms with Crippen molar-refractivity contribution in [2.75, 3.05) is 19.6 Å². The zero-order chi connectivity index (χ0) is 15.7. The number of guanidine groups is 1. The first-order chi connectivity index (χ1) is 10.0. The number of aliphatic imine (C=N–C) groups is 1. The van der Waals surface area contributed by atoms with Gasteiger partial charge in [-0.05, 0) is 48.1 Å². The summed E-state index contributed by atoms with van der Waals surface area (Å²) in [6.07, 6.45) is 1.44. The first kappa shape index (κ1) is 21.7. The Morgan fingerprint density at radius 2 is 2.00 bits per heavy atom. The predicted molar refractivity (Wildman–Crippen MR) is 108 cm³/mol. The number of thiophene rings is 1. The predicted octanol–water partition coefficient (Wildman–Crippen LogP) is 3.58. The molecule has 3 N–H and O–H groups in total. The number of halogens is 1. The van der Waals surface area contributed by atoms with Gasteiger partial charge in [0.2, 0.25) is 0 Å². The fourth-order valence-corrected chi connectivity index (χ4v) is 2.75. The van der Waals surface area contributed by atoms with E-state index in [1.54, 1.807) is 11.3 Å². The van der Waals surface area contributed by atoms with Gasteiger partial charge >= 0.3 is 0 Å². The van der Waals surface area contributed by atoms with Gasteiger partial charge in [-0.15, -0.1) is 24.0 Å². The highest BCUT2D eigenvalue weighted by atomic mass is 127. The van der Waals surface area contributed by atoms with Gasteiger partial charge in [-0.3, -0.25) is 4.99 Å². The molecule has 1 atom stereocenters. The summed E-state index contributed by atoms with van der Waals surface area (Å²) in [6.45, 7) is 10.3. The number of hydrogen-bond donors (Lipinski definition) is 3. The summed E-state index contributed by atoms with van der Waals surface area (Å²) < 4.78 is 0. The van der Waals surface area contributed by atoms with E-state index in [9.17, 15) is 5.11 Å². The maximum atomic E-state index is 10.3. The molecule has 6 heteroatoms.